The molecule has 0 amide bonds. The molecule has 6 heteroatoms. The minimum absolute atomic E-state index is 0.924. The lowest BCUT2D eigenvalue weighted by molar-refractivity contribution is -0.781. The molecule has 70 valence electrons. The summed E-state index contributed by atoms with van der Waals surface area (Å²) in [5, 5.41) is 11.9. The van der Waals surface area contributed by atoms with E-state index in [0.717, 1.165) is 0 Å². The maximum atomic E-state index is 10.3. The molecule has 0 heterocycles. The summed E-state index contributed by atoms with van der Waals surface area (Å²) in [7, 11) is 0. The van der Waals surface area contributed by atoms with Crippen molar-refractivity contribution >= 4 is 0 Å². The summed E-state index contributed by atoms with van der Waals surface area (Å²) in [6.45, 7) is 5.83. The minimum atomic E-state index is -1.21. The van der Waals surface area contributed by atoms with Crippen molar-refractivity contribution in [1.82, 2.24) is 0 Å². The average Bonchev–Trinajstić information content (AvgIpc) is 1.84. The highest BCUT2D eigenvalue weighted by Crippen LogP contribution is 2.28. The predicted octanol–water partition coefficient (Wildman–Crippen LogP) is 1.52. The second-order valence-electron chi connectivity index (χ2n) is 3.48. The van der Waals surface area contributed by atoms with Gasteiger partial charge >= 0.3 is 0 Å². The highest BCUT2D eigenvalue weighted by molar-refractivity contribution is 4.93. The second-order valence-corrected chi connectivity index (χ2v) is 3.48. The Morgan fingerprint density at radius 2 is 1.75 bits per heavy atom. The molecule has 0 radical (unpaired) electrons. The van der Waals surface area contributed by atoms with Crippen LogP contribution in [0.15, 0.2) is 5.18 Å². The fourth-order valence-corrected chi connectivity index (χ4v) is 0.408. The quantitative estimate of drug-likeness (QED) is 0.369. The van der Waals surface area contributed by atoms with Gasteiger partial charge in [0.25, 0.3) is 5.09 Å². The lowest BCUT2D eigenvalue weighted by Gasteiger charge is -2.32. The molecule has 0 unspecified atom stereocenters. The first kappa shape index (κ1) is 10.8. The van der Waals surface area contributed by atoms with E-state index in [2.05, 4.69) is 10.0 Å². The van der Waals surface area contributed by atoms with E-state index in [1.807, 2.05) is 0 Å². The molecule has 0 N–H and O–H groups in total. The first-order chi connectivity index (χ1) is 5.23. The molecule has 0 fully saturated rings. The van der Waals surface area contributed by atoms with Gasteiger partial charge in [0.05, 0.1) is 0 Å². The summed E-state index contributed by atoms with van der Waals surface area (Å²) in [5.74, 6) is 0. The van der Waals surface area contributed by atoms with Gasteiger partial charge in [-0.05, 0) is 27.7 Å². The topological polar surface area (TPSA) is 81.8 Å². The highest BCUT2D eigenvalue weighted by Gasteiger charge is 2.42. The van der Waals surface area contributed by atoms with Crippen molar-refractivity contribution < 1.29 is 9.92 Å². The summed E-state index contributed by atoms with van der Waals surface area (Å²) in [4.78, 5) is 24.6. The lowest BCUT2D eigenvalue weighted by atomic mass is 9.87. The van der Waals surface area contributed by atoms with Crippen molar-refractivity contribution in [2.24, 2.45) is 5.18 Å². The van der Waals surface area contributed by atoms with E-state index < -0.39 is 16.2 Å². The van der Waals surface area contributed by atoms with Crippen LogP contribution in [0.3, 0.4) is 0 Å². The van der Waals surface area contributed by atoms with E-state index in [1.165, 1.54) is 27.7 Å². The van der Waals surface area contributed by atoms with Gasteiger partial charge in [-0.1, -0.05) is 5.18 Å². The summed E-state index contributed by atoms with van der Waals surface area (Å²) < 4.78 is 0. The first-order valence-electron chi connectivity index (χ1n) is 3.41. The zero-order valence-corrected chi connectivity index (χ0v) is 7.53. The monoisotopic (exact) mass is 176 g/mol. The fourth-order valence-electron chi connectivity index (χ4n) is 0.408. The van der Waals surface area contributed by atoms with Crippen LogP contribution in [0, 0.1) is 15.0 Å². The molecule has 12 heavy (non-hydrogen) atoms. The van der Waals surface area contributed by atoms with Crippen LogP contribution in [0.5, 0.6) is 0 Å². The predicted molar refractivity (Wildman–Crippen MR) is 42.0 cm³/mol. The molecular formula is C6H12N2O4. The van der Waals surface area contributed by atoms with Gasteiger partial charge in [0.15, 0.2) is 0 Å². The third-order valence-corrected chi connectivity index (χ3v) is 2.00. The van der Waals surface area contributed by atoms with Gasteiger partial charge in [-0.3, -0.25) is 0 Å². The van der Waals surface area contributed by atoms with E-state index in [0.29, 0.717) is 0 Å². The van der Waals surface area contributed by atoms with E-state index in [4.69, 9.17) is 0 Å². The van der Waals surface area contributed by atoms with Gasteiger partial charge in [0.1, 0.15) is 11.1 Å². The molecule has 6 nitrogen and oxygen atoms in total. The van der Waals surface area contributed by atoms with E-state index in [9.17, 15) is 15.0 Å². The highest BCUT2D eigenvalue weighted by atomic mass is 17.0. The van der Waals surface area contributed by atoms with Crippen LogP contribution in [0.1, 0.15) is 27.7 Å². The molecule has 0 atom stereocenters. The molecule has 0 saturated carbocycles. The summed E-state index contributed by atoms with van der Waals surface area (Å²) >= 11 is 0. The largest absolute Gasteiger partial charge is 0.305 e. The molecular weight excluding hydrogens is 164 g/mol. The van der Waals surface area contributed by atoms with Crippen molar-refractivity contribution in [1.29, 1.82) is 0 Å². The average molecular weight is 176 g/mol. The Morgan fingerprint density at radius 3 is 2.00 bits per heavy atom. The number of hydrogen-bond acceptors (Lipinski definition) is 5. The minimum Gasteiger partial charge on any atom is -0.305 e. The van der Waals surface area contributed by atoms with Crippen LogP contribution in [0.4, 0.5) is 0 Å². The van der Waals surface area contributed by atoms with Gasteiger partial charge < -0.3 is 4.84 Å². The van der Waals surface area contributed by atoms with Crippen molar-refractivity contribution in [3.63, 3.8) is 0 Å². The maximum absolute atomic E-state index is 10.3. The molecule has 0 saturated heterocycles. The number of nitroso groups, excluding NO2 is 1. The van der Waals surface area contributed by atoms with Crippen molar-refractivity contribution in [3.8, 4) is 0 Å². The van der Waals surface area contributed by atoms with Crippen LogP contribution >= 0.6 is 0 Å². The third-order valence-electron chi connectivity index (χ3n) is 2.00. The number of nitrogens with zero attached hydrogens (tertiary/aromatic N) is 2. The van der Waals surface area contributed by atoms with Crippen LogP contribution in [0.2, 0.25) is 0 Å². The maximum Gasteiger partial charge on any atom is 0.295 e. The van der Waals surface area contributed by atoms with Crippen molar-refractivity contribution in [2.45, 2.75) is 38.8 Å². The summed E-state index contributed by atoms with van der Waals surface area (Å²) in [6.07, 6.45) is 0. The van der Waals surface area contributed by atoms with Gasteiger partial charge in [-0.25, -0.2) is 0 Å². The normalized spacial score (nSPS) is 12.3. The lowest BCUT2D eigenvalue weighted by Crippen LogP contribution is -2.46. The Morgan fingerprint density at radius 1 is 1.33 bits per heavy atom. The summed E-state index contributed by atoms with van der Waals surface area (Å²) in [6, 6.07) is 0. The second kappa shape index (κ2) is 3.04. The molecule has 0 aromatic rings. The third kappa shape index (κ3) is 2.14. The van der Waals surface area contributed by atoms with Crippen LogP contribution in [-0.4, -0.2) is 16.2 Å². The van der Waals surface area contributed by atoms with E-state index in [-0.39, 0.29) is 0 Å². The Balaban J connectivity index is 4.59. The van der Waals surface area contributed by atoms with Gasteiger partial charge in [0.2, 0.25) is 0 Å². The Hall–Kier alpha value is -1.20. The zero-order chi connectivity index (χ0) is 9.99. The Bertz CT molecular complexity index is 200. The van der Waals surface area contributed by atoms with E-state index in [1.54, 1.807) is 0 Å². The number of rotatable bonds is 4. The fraction of sp³-hybridized carbons (Fsp3) is 1.00. The molecule has 0 spiro atoms. The Labute approximate surface area is 70.0 Å². The molecule has 0 bridgehead atoms. The van der Waals surface area contributed by atoms with Gasteiger partial charge in [-0.2, -0.15) is 4.91 Å². The molecule has 0 aromatic heterocycles. The van der Waals surface area contributed by atoms with Crippen molar-refractivity contribution in [3.05, 3.63) is 15.0 Å². The van der Waals surface area contributed by atoms with Crippen LogP contribution in [-0.2, 0) is 4.84 Å². The van der Waals surface area contributed by atoms with Crippen LogP contribution in [0.25, 0.3) is 0 Å². The van der Waals surface area contributed by atoms with E-state index >= 15 is 0 Å². The molecule has 0 aliphatic heterocycles. The molecule has 0 aromatic carbocycles. The number of hydrogen-bond donors (Lipinski definition) is 0. The smallest absolute Gasteiger partial charge is 0.295 e. The standard InChI is InChI=1S/C6H12N2O4/c1-5(2,7-9)6(3,4)12-8(10)11/h1-4H3. The Kier molecular flexibility index (Phi) is 2.74. The molecule has 0 rings (SSSR count). The SMILES string of the molecule is CC(C)(N=O)C(C)(C)O[N+](=O)[O-]. The van der Waals surface area contributed by atoms with Gasteiger partial charge in [-0.15, -0.1) is 10.1 Å². The molecule has 0 aliphatic carbocycles. The zero-order valence-electron chi connectivity index (χ0n) is 7.53. The summed E-state index contributed by atoms with van der Waals surface area (Å²) in [5.41, 5.74) is -2.34. The first-order valence-corrected chi connectivity index (χ1v) is 3.41. The van der Waals surface area contributed by atoms with Gasteiger partial charge in [0, 0.05) is 0 Å². The van der Waals surface area contributed by atoms with Crippen LogP contribution < -0.4 is 0 Å². The van der Waals surface area contributed by atoms with Crippen molar-refractivity contribution in [2.75, 3.05) is 0 Å². The molecule has 0 aliphatic rings.